The summed E-state index contributed by atoms with van der Waals surface area (Å²) in [6.07, 6.45) is 5.23. The van der Waals surface area contributed by atoms with E-state index in [1.807, 2.05) is 6.92 Å². The zero-order chi connectivity index (χ0) is 10.8. The van der Waals surface area contributed by atoms with Gasteiger partial charge in [0.15, 0.2) is 0 Å². The molecule has 0 aromatic carbocycles. The van der Waals surface area contributed by atoms with Gasteiger partial charge >= 0.3 is 5.97 Å². The van der Waals surface area contributed by atoms with Gasteiger partial charge in [0, 0.05) is 0 Å². The molecular weight excluding hydrogens is 176 g/mol. The first-order valence-corrected chi connectivity index (χ1v) is 5.41. The van der Waals surface area contributed by atoms with Crippen molar-refractivity contribution in [1.82, 2.24) is 0 Å². The van der Waals surface area contributed by atoms with Gasteiger partial charge in [-0.3, -0.25) is 4.79 Å². The van der Waals surface area contributed by atoms with E-state index in [0.29, 0.717) is 11.8 Å². The van der Waals surface area contributed by atoms with Crippen molar-refractivity contribution in [3.63, 3.8) is 0 Å². The van der Waals surface area contributed by atoms with E-state index in [1.54, 1.807) is 0 Å². The molecule has 2 atom stereocenters. The number of hydrogen-bond donors (Lipinski definition) is 0. The predicted molar refractivity (Wildman–Crippen MR) is 56.6 cm³/mol. The standard InChI is InChI=1S/C12H21O2/c1-9(2)10-5-7-12(3,8-6-10)11(13)14-4/h5,9-10H,6-8H2,1-4H3. The fourth-order valence-corrected chi connectivity index (χ4v) is 2.15. The molecule has 0 aromatic rings. The van der Waals surface area contributed by atoms with Gasteiger partial charge in [0.25, 0.3) is 0 Å². The molecule has 1 fully saturated rings. The average molecular weight is 197 g/mol. The zero-order valence-corrected chi connectivity index (χ0v) is 9.67. The Morgan fingerprint density at radius 3 is 2.57 bits per heavy atom. The maximum atomic E-state index is 11.5. The van der Waals surface area contributed by atoms with Crippen LogP contribution in [0.3, 0.4) is 0 Å². The third-order valence-corrected chi connectivity index (χ3v) is 3.44. The molecule has 1 radical (unpaired) electrons. The van der Waals surface area contributed by atoms with Crippen LogP contribution in [-0.4, -0.2) is 13.1 Å². The van der Waals surface area contributed by atoms with Crippen molar-refractivity contribution < 1.29 is 9.53 Å². The van der Waals surface area contributed by atoms with E-state index in [2.05, 4.69) is 20.3 Å². The van der Waals surface area contributed by atoms with Gasteiger partial charge in [-0.15, -0.1) is 0 Å². The van der Waals surface area contributed by atoms with Gasteiger partial charge in [-0.05, 0) is 44.4 Å². The van der Waals surface area contributed by atoms with Crippen LogP contribution in [0.4, 0.5) is 0 Å². The number of carbonyl (C=O) groups excluding carboxylic acids is 1. The highest BCUT2D eigenvalue weighted by molar-refractivity contribution is 5.76. The summed E-state index contributed by atoms with van der Waals surface area (Å²) in [6, 6.07) is 0. The summed E-state index contributed by atoms with van der Waals surface area (Å²) in [5.41, 5.74) is -0.264. The van der Waals surface area contributed by atoms with Crippen LogP contribution in [0.15, 0.2) is 0 Å². The van der Waals surface area contributed by atoms with Crippen molar-refractivity contribution in [2.24, 2.45) is 17.3 Å². The molecule has 1 aliphatic rings. The number of rotatable bonds is 2. The van der Waals surface area contributed by atoms with Gasteiger partial charge in [0.1, 0.15) is 0 Å². The molecule has 0 bridgehead atoms. The van der Waals surface area contributed by atoms with Crippen molar-refractivity contribution in [2.45, 2.75) is 40.0 Å². The van der Waals surface area contributed by atoms with Gasteiger partial charge in [-0.25, -0.2) is 0 Å². The summed E-state index contributed by atoms with van der Waals surface area (Å²) in [4.78, 5) is 11.5. The monoisotopic (exact) mass is 197 g/mol. The van der Waals surface area contributed by atoms with E-state index in [1.165, 1.54) is 7.11 Å². The highest BCUT2D eigenvalue weighted by atomic mass is 16.5. The Bertz CT molecular complexity index is 200. The molecule has 0 heterocycles. The van der Waals surface area contributed by atoms with Crippen molar-refractivity contribution in [2.75, 3.05) is 7.11 Å². The molecule has 2 unspecified atom stereocenters. The maximum absolute atomic E-state index is 11.5. The van der Waals surface area contributed by atoms with Gasteiger partial charge in [0.2, 0.25) is 0 Å². The van der Waals surface area contributed by atoms with Crippen molar-refractivity contribution >= 4 is 5.97 Å². The minimum absolute atomic E-state index is 0.0593. The van der Waals surface area contributed by atoms with Crippen LogP contribution in [0.25, 0.3) is 0 Å². The molecule has 2 heteroatoms. The summed E-state index contributed by atoms with van der Waals surface area (Å²) in [6.45, 7) is 6.48. The van der Waals surface area contributed by atoms with Gasteiger partial charge in [-0.1, -0.05) is 13.8 Å². The third kappa shape index (κ3) is 2.28. The first-order chi connectivity index (χ1) is 6.49. The Morgan fingerprint density at radius 2 is 2.21 bits per heavy atom. The van der Waals surface area contributed by atoms with Crippen LogP contribution in [-0.2, 0) is 9.53 Å². The smallest absolute Gasteiger partial charge is 0.311 e. The van der Waals surface area contributed by atoms with Crippen molar-refractivity contribution in [3.05, 3.63) is 6.42 Å². The third-order valence-electron chi connectivity index (χ3n) is 3.44. The van der Waals surface area contributed by atoms with Gasteiger partial charge in [-0.2, -0.15) is 0 Å². The van der Waals surface area contributed by atoms with Gasteiger partial charge < -0.3 is 4.74 Å². The molecule has 0 N–H and O–H groups in total. The van der Waals surface area contributed by atoms with Crippen molar-refractivity contribution in [3.8, 4) is 0 Å². The van der Waals surface area contributed by atoms with E-state index in [9.17, 15) is 4.79 Å². The molecule has 1 aliphatic carbocycles. The first kappa shape index (κ1) is 11.5. The number of esters is 1. The lowest BCUT2D eigenvalue weighted by atomic mass is 9.69. The Hall–Kier alpha value is -0.530. The number of methoxy groups -OCH3 is 1. The van der Waals surface area contributed by atoms with Gasteiger partial charge in [0.05, 0.1) is 12.5 Å². The summed E-state index contributed by atoms with van der Waals surface area (Å²) >= 11 is 0. The molecule has 14 heavy (non-hydrogen) atoms. The Balaban J connectivity index is 2.53. The van der Waals surface area contributed by atoms with Crippen LogP contribution >= 0.6 is 0 Å². The highest BCUT2D eigenvalue weighted by Gasteiger charge is 2.38. The normalized spacial score (nSPS) is 33.1. The lowest BCUT2D eigenvalue weighted by molar-refractivity contribution is -0.153. The summed E-state index contributed by atoms with van der Waals surface area (Å²) in [7, 11) is 1.47. The van der Waals surface area contributed by atoms with Crippen LogP contribution < -0.4 is 0 Å². The molecule has 0 aromatic heterocycles. The highest BCUT2D eigenvalue weighted by Crippen LogP contribution is 2.41. The molecule has 2 nitrogen and oxygen atoms in total. The van der Waals surface area contributed by atoms with Crippen molar-refractivity contribution in [1.29, 1.82) is 0 Å². The zero-order valence-electron chi connectivity index (χ0n) is 9.67. The summed E-state index contributed by atoms with van der Waals surface area (Å²) in [5.74, 6) is 1.31. The van der Waals surface area contributed by atoms with E-state index in [-0.39, 0.29) is 11.4 Å². The number of hydrogen-bond acceptors (Lipinski definition) is 2. The Labute approximate surface area is 87.0 Å². The van der Waals surface area contributed by atoms with E-state index < -0.39 is 0 Å². The SMILES string of the molecule is COC(=O)C1(C)C[CH]C(C(C)C)CC1. The summed E-state index contributed by atoms with van der Waals surface area (Å²) in [5, 5.41) is 0. The minimum Gasteiger partial charge on any atom is -0.469 e. The fourth-order valence-electron chi connectivity index (χ4n) is 2.15. The van der Waals surface area contributed by atoms with E-state index in [0.717, 1.165) is 19.3 Å². The van der Waals surface area contributed by atoms with E-state index in [4.69, 9.17) is 4.74 Å². The average Bonchev–Trinajstić information content (AvgIpc) is 2.17. The van der Waals surface area contributed by atoms with Crippen LogP contribution in [0.5, 0.6) is 0 Å². The first-order valence-electron chi connectivity index (χ1n) is 5.41. The molecule has 0 aliphatic heterocycles. The fraction of sp³-hybridized carbons (Fsp3) is 0.833. The second-order valence-corrected chi connectivity index (χ2v) is 4.94. The van der Waals surface area contributed by atoms with Crippen LogP contribution in [0.2, 0.25) is 0 Å². The topological polar surface area (TPSA) is 26.3 Å². The Kier molecular flexibility index (Phi) is 3.57. The second-order valence-electron chi connectivity index (χ2n) is 4.94. The molecule has 0 amide bonds. The lowest BCUT2D eigenvalue weighted by Gasteiger charge is -2.36. The Morgan fingerprint density at radius 1 is 1.57 bits per heavy atom. The molecule has 0 spiro atoms. The largest absolute Gasteiger partial charge is 0.469 e. The maximum Gasteiger partial charge on any atom is 0.311 e. The molecular formula is C12H21O2. The van der Waals surface area contributed by atoms with Crippen LogP contribution in [0.1, 0.15) is 40.0 Å². The second kappa shape index (κ2) is 4.33. The molecule has 1 rings (SSSR count). The number of carbonyl (C=O) groups is 1. The summed E-state index contributed by atoms with van der Waals surface area (Å²) < 4.78 is 4.83. The van der Waals surface area contributed by atoms with Crippen LogP contribution in [0, 0.1) is 23.7 Å². The predicted octanol–water partition coefficient (Wildman–Crippen LogP) is 2.83. The quantitative estimate of drug-likeness (QED) is 0.636. The number of ether oxygens (including phenoxy) is 1. The molecule has 81 valence electrons. The van der Waals surface area contributed by atoms with E-state index >= 15 is 0 Å². The minimum atomic E-state index is -0.264. The molecule has 1 saturated carbocycles. The lowest BCUT2D eigenvalue weighted by Crippen LogP contribution is -2.35. The molecule has 0 saturated heterocycles.